The number of rotatable bonds is 7. The number of benzene rings is 2. The van der Waals surface area contributed by atoms with Crippen LogP contribution in [-0.2, 0) is 4.74 Å². The van der Waals surface area contributed by atoms with E-state index in [1.54, 1.807) is 44.4 Å². The summed E-state index contributed by atoms with van der Waals surface area (Å²) in [5, 5.41) is 16.4. The molecular formula is C18H18BrN3O5S. The van der Waals surface area contributed by atoms with Crippen molar-refractivity contribution in [3.63, 3.8) is 0 Å². The molecular weight excluding hydrogens is 450 g/mol. The highest BCUT2D eigenvalue weighted by atomic mass is 79.9. The van der Waals surface area contributed by atoms with E-state index in [0.717, 1.165) is 0 Å². The predicted molar refractivity (Wildman–Crippen MR) is 113 cm³/mol. The summed E-state index contributed by atoms with van der Waals surface area (Å²) < 4.78 is 11.2. The Kier molecular flexibility index (Phi) is 7.85. The van der Waals surface area contributed by atoms with E-state index in [2.05, 4.69) is 26.6 Å². The van der Waals surface area contributed by atoms with Gasteiger partial charge in [-0.1, -0.05) is 22.0 Å². The van der Waals surface area contributed by atoms with Crippen molar-refractivity contribution < 1.29 is 19.2 Å². The Morgan fingerprint density at radius 1 is 1.25 bits per heavy atom. The highest BCUT2D eigenvalue weighted by Gasteiger charge is 2.16. The molecule has 2 aromatic rings. The summed E-state index contributed by atoms with van der Waals surface area (Å²) in [6.07, 6.45) is 0. The molecule has 2 aromatic carbocycles. The lowest BCUT2D eigenvalue weighted by molar-refractivity contribution is -0.385. The van der Waals surface area contributed by atoms with Crippen LogP contribution in [-0.4, -0.2) is 36.3 Å². The first kappa shape index (κ1) is 21.7. The molecule has 0 saturated heterocycles. The van der Waals surface area contributed by atoms with Crippen LogP contribution in [0.4, 0.5) is 11.4 Å². The zero-order valence-electron chi connectivity index (χ0n) is 15.2. The molecule has 0 aliphatic rings. The number of nitro benzene ring substituents is 1. The fourth-order valence-electron chi connectivity index (χ4n) is 2.26. The second-order valence-electron chi connectivity index (χ2n) is 5.65. The van der Waals surface area contributed by atoms with Gasteiger partial charge < -0.3 is 14.8 Å². The molecule has 0 unspecified atom stereocenters. The fraction of sp³-hybridized carbons (Fsp3) is 0.222. The monoisotopic (exact) mass is 467 g/mol. The van der Waals surface area contributed by atoms with E-state index >= 15 is 0 Å². The molecule has 0 bridgehead atoms. The number of thiocarbonyl (C=S) groups is 1. The maximum absolute atomic E-state index is 12.6. The van der Waals surface area contributed by atoms with Crippen molar-refractivity contribution in [1.82, 2.24) is 5.32 Å². The molecule has 2 rings (SSSR count). The number of aryl methyl sites for hydroxylation is 1. The van der Waals surface area contributed by atoms with Crippen molar-refractivity contribution in [2.45, 2.75) is 6.92 Å². The molecule has 0 aliphatic heterocycles. The lowest BCUT2D eigenvalue weighted by Gasteiger charge is -2.13. The number of nitrogens with zero attached hydrogens (tertiary/aromatic N) is 1. The standard InChI is InChI=1S/C18H18BrN3O5S/c1-11-3-5-13(10-15(11)22(24)25)20-18(28)21-17(23)14-9-12(19)4-6-16(14)27-8-7-26-2/h3-6,9-10H,7-8H2,1-2H3,(H2,20,21,23,28). The molecule has 0 heterocycles. The Bertz CT molecular complexity index is 907. The van der Waals surface area contributed by atoms with E-state index < -0.39 is 10.8 Å². The van der Waals surface area contributed by atoms with Crippen molar-refractivity contribution in [2.24, 2.45) is 0 Å². The second-order valence-corrected chi connectivity index (χ2v) is 6.97. The van der Waals surface area contributed by atoms with Gasteiger partial charge in [-0.15, -0.1) is 0 Å². The Labute approximate surface area is 175 Å². The van der Waals surface area contributed by atoms with Crippen LogP contribution in [0.1, 0.15) is 15.9 Å². The van der Waals surface area contributed by atoms with Gasteiger partial charge in [0.1, 0.15) is 12.4 Å². The molecule has 8 nitrogen and oxygen atoms in total. The van der Waals surface area contributed by atoms with Gasteiger partial charge in [-0.2, -0.15) is 0 Å². The van der Waals surface area contributed by atoms with Crippen LogP contribution >= 0.6 is 28.1 Å². The Morgan fingerprint density at radius 3 is 2.68 bits per heavy atom. The molecule has 0 atom stereocenters. The van der Waals surface area contributed by atoms with Crippen LogP contribution in [0.25, 0.3) is 0 Å². The number of nitro groups is 1. The SMILES string of the molecule is COCCOc1ccc(Br)cc1C(=O)NC(=S)Nc1ccc(C)c([N+](=O)[O-])c1. The number of carbonyl (C=O) groups excluding carboxylic acids is 1. The Morgan fingerprint density at radius 2 is 2.00 bits per heavy atom. The lowest BCUT2D eigenvalue weighted by Crippen LogP contribution is -2.34. The van der Waals surface area contributed by atoms with Crippen molar-refractivity contribution in [3.8, 4) is 5.75 Å². The summed E-state index contributed by atoms with van der Waals surface area (Å²) in [6.45, 7) is 2.30. The molecule has 0 radical (unpaired) electrons. The third-order valence-electron chi connectivity index (χ3n) is 3.62. The quantitative estimate of drug-likeness (QED) is 0.276. The Hall–Kier alpha value is -2.56. The minimum absolute atomic E-state index is 0.00553. The summed E-state index contributed by atoms with van der Waals surface area (Å²) in [4.78, 5) is 23.2. The van der Waals surface area contributed by atoms with Crippen LogP contribution in [0.5, 0.6) is 5.75 Å². The van der Waals surface area contributed by atoms with E-state index in [0.29, 0.717) is 28.1 Å². The molecule has 0 fully saturated rings. The van der Waals surface area contributed by atoms with Gasteiger partial charge in [-0.3, -0.25) is 20.2 Å². The van der Waals surface area contributed by atoms with E-state index in [4.69, 9.17) is 21.7 Å². The van der Waals surface area contributed by atoms with Crippen LogP contribution in [0.3, 0.4) is 0 Å². The van der Waals surface area contributed by atoms with Crippen LogP contribution in [0.15, 0.2) is 40.9 Å². The summed E-state index contributed by atoms with van der Waals surface area (Å²) in [6, 6.07) is 9.61. The molecule has 1 amide bonds. The first-order valence-corrected chi connectivity index (χ1v) is 9.30. The second kappa shape index (κ2) is 10.1. The maximum Gasteiger partial charge on any atom is 0.274 e. The highest BCUT2D eigenvalue weighted by molar-refractivity contribution is 9.10. The highest BCUT2D eigenvalue weighted by Crippen LogP contribution is 2.24. The third kappa shape index (κ3) is 5.98. The number of methoxy groups -OCH3 is 1. The number of amides is 1. The molecule has 0 spiro atoms. The average Bonchev–Trinajstić information content (AvgIpc) is 2.64. The normalized spacial score (nSPS) is 10.2. The van der Waals surface area contributed by atoms with Crippen LogP contribution < -0.4 is 15.4 Å². The maximum atomic E-state index is 12.6. The summed E-state index contributed by atoms with van der Waals surface area (Å²) in [7, 11) is 1.55. The smallest absolute Gasteiger partial charge is 0.274 e. The van der Waals surface area contributed by atoms with Crippen LogP contribution in [0.2, 0.25) is 0 Å². The van der Waals surface area contributed by atoms with E-state index in [1.807, 2.05) is 0 Å². The van der Waals surface area contributed by atoms with Gasteiger partial charge >= 0.3 is 0 Å². The topological polar surface area (TPSA) is 103 Å². The van der Waals surface area contributed by atoms with E-state index in [9.17, 15) is 14.9 Å². The molecule has 148 valence electrons. The fourth-order valence-corrected chi connectivity index (χ4v) is 2.83. The zero-order valence-corrected chi connectivity index (χ0v) is 17.6. The number of nitrogens with one attached hydrogen (secondary N) is 2. The number of hydrogen-bond donors (Lipinski definition) is 2. The van der Waals surface area contributed by atoms with Gasteiger partial charge in [0.05, 0.1) is 17.1 Å². The predicted octanol–water partition coefficient (Wildman–Crippen LogP) is 3.82. The van der Waals surface area contributed by atoms with Gasteiger partial charge in [-0.25, -0.2) is 0 Å². The van der Waals surface area contributed by atoms with E-state index in [-0.39, 0.29) is 23.0 Å². The molecule has 0 aliphatic carbocycles. The molecule has 28 heavy (non-hydrogen) atoms. The van der Waals surface area contributed by atoms with Crippen molar-refractivity contribution in [1.29, 1.82) is 0 Å². The van der Waals surface area contributed by atoms with E-state index in [1.165, 1.54) is 6.07 Å². The largest absolute Gasteiger partial charge is 0.490 e. The number of hydrogen-bond acceptors (Lipinski definition) is 6. The number of anilines is 1. The summed E-state index contributed by atoms with van der Waals surface area (Å²) in [5.41, 5.74) is 1.16. The average molecular weight is 468 g/mol. The molecule has 0 aromatic heterocycles. The van der Waals surface area contributed by atoms with Gasteiger partial charge in [0, 0.05) is 28.9 Å². The first-order valence-electron chi connectivity index (χ1n) is 8.10. The first-order chi connectivity index (χ1) is 13.3. The van der Waals surface area contributed by atoms with Crippen molar-refractivity contribution >= 4 is 50.5 Å². The van der Waals surface area contributed by atoms with Gasteiger partial charge in [0.2, 0.25) is 0 Å². The number of carbonyl (C=O) groups is 1. The minimum Gasteiger partial charge on any atom is -0.490 e. The summed E-state index contributed by atoms with van der Waals surface area (Å²) in [5.74, 6) is -0.0978. The third-order valence-corrected chi connectivity index (χ3v) is 4.32. The summed E-state index contributed by atoms with van der Waals surface area (Å²) >= 11 is 8.47. The number of ether oxygens (including phenoxy) is 2. The molecule has 0 saturated carbocycles. The minimum atomic E-state index is -0.479. The number of halogens is 1. The van der Waals surface area contributed by atoms with Crippen LogP contribution in [0, 0.1) is 17.0 Å². The zero-order chi connectivity index (χ0) is 20.7. The van der Waals surface area contributed by atoms with Crippen molar-refractivity contribution in [2.75, 3.05) is 25.6 Å². The molecule has 10 heteroatoms. The van der Waals surface area contributed by atoms with Gasteiger partial charge in [0.15, 0.2) is 5.11 Å². The van der Waals surface area contributed by atoms with Gasteiger partial charge in [0.25, 0.3) is 11.6 Å². The molecule has 2 N–H and O–H groups in total. The lowest BCUT2D eigenvalue weighted by atomic mass is 10.2. The van der Waals surface area contributed by atoms with Gasteiger partial charge in [-0.05, 0) is 43.4 Å². The Balaban J connectivity index is 2.10. The van der Waals surface area contributed by atoms with Crippen molar-refractivity contribution in [3.05, 3.63) is 62.1 Å².